The number of amides is 2. The fourth-order valence-corrected chi connectivity index (χ4v) is 5.70. The minimum Gasteiger partial charge on any atom is -0.496 e. The molecule has 10 heteroatoms. The molecule has 0 bridgehead atoms. The molecular weight excluding hydrogens is 566 g/mol. The Balaban J connectivity index is 1.64. The maximum atomic E-state index is 14.5. The number of carbonyl (C=O) groups is 2. The second-order valence-electron chi connectivity index (χ2n) is 9.99. The van der Waals surface area contributed by atoms with E-state index in [-0.39, 0.29) is 12.5 Å². The van der Waals surface area contributed by atoms with E-state index in [1.54, 1.807) is 12.0 Å². The van der Waals surface area contributed by atoms with Gasteiger partial charge in [-0.2, -0.15) is 0 Å². The summed E-state index contributed by atoms with van der Waals surface area (Å²) < 4.78 is 18.9. The van der Waals surface area contributed by atoms with E-state index in [1.807, 2.05) is 54.6 Å². The number of nitrogens with one attached hydrogen (secondary N) is 1. The fourth-order valence-electron chi connectivity index (χ4n) is 5.32. The first-order valence-electron chi connectivity index (χ1n) is 12.9. The van der Waals surface area contributed by atoms with Crippen molar-refractivity contribution < 1.29 is 28.9 Å². The molecule has 0 aromatic heterocycles. The third-order valence-electron chi connectivity index (χ3n) is 7.54. The average molecular weight is 598 g/mol. The normalized spacial score (nSPS) is 20.1. The van der Waals surface area contributed by atoms with Gasteiger partial charge >= 0.3 is 0 Å². The molecule has 39 heavy (non-hydrogen) atoms. The van der Waals surface area contributed by atoms with Gasteiger partial charge in [0.15, 0.2) is 0 Å². The lowest BCUT2D eigenvalue weighted by atomic mass is 9.84. The molecule has 4 N–H and O–H groups in total. The number of benzene rings is 3. The van der Waals surface area contributed by atoms with Crippen LogP contribution in [0.4, 0.5) is 5.69 Å². The third-order valence-corrected chi connectivity index (χ3v) is 8.04. The van der Waals surface area contributed by atoms with E-state index in [1.165, 1.54) is 6.92 Å². The number of hydrogen-bond acceptors (Lipinski definition) is 7. The summed E-state index contributed by atoms with van der Waals surface area (Å²) in [5, 5.41) is 14.7. The Morgan fingerprint density at radius 2 is 1.97 bits per heavy atom. The molecular formula is C29H32BrN3O6. The molecule has 0 aliphatic carbocycles. The predicted molar refractivity (Wildman–Crippen MR) is 151 cm³/mol. The van der Waals surface area contributed by atoms with Gasteiger partial charge in [-0.05, 0) is 48.0 Å². The molecule has 2 heterocycles. The zero-order valence-electron chi connectivity index (χ0n) is 21.9. The minimum atomic E-state index is -1.20. The number of rotatable bonds is 6. The number of aliphatic hydroxyl groups is 1. The summed E-state index contributed by atoms with van der Waals surface area (Å²) >= 11 is 3.53. The molecule has 1 fully saturated rings. The van der Waals surface area contributed by atoms with Gasteiger partial charge in [-0.25, -0.2) is 0 Å². The zero-order chi connectivity index (χ0) is 27.7. The Kier molecular flexibility index (Phi) is 7.82. The van der Waals surface area contributed by atoms with E-state index in [4.69, 9.17) is 19.9 Å². The van der Waals surface area contributed by atoms with Gasteiger partial charge in [0.05, 0.1) is 38.7 Å². The smallest absolute Gasteiger partial charge is 0.254 e. The van der Waals surface area contributed by atoms with Gasteiger partial charge < -0.3 is 35.3 Å². The van der Waals surface area contributed by atoms with Crippen LogP contribution in [0.3, 0.4) is 0 Å². The molecule has 0 radical (unpaired) electrons. The lowest BCUT2D eigenvalue weighted by molar-refractivity contribution is -0.138. The number of ether oxygens (including phenoxy) is 3. The first kappa shape index (κ1) is 27.4. The van der Waals surface area contributed by atoms with Crippen LogP contribution in [0.25, 0.3) is 10.8 Å². The Labute approximate surface area is 235 Å². The van der Waals surface area contributed by atoms with Gasteiger partial charge in [-0.3, -0.25) is 9.59 Å². The van der Waals surface area contributed by atoms with E-state index in [0.29, 0.717) is 43.2 Å². The predicted octanol–water partition coefficient (Wildman–Crippen LogP) is 3.28. The topological polar surface area (TPSA) is 123 Å². The van der Waals surface area contributed by atoms with Gasteiger partial charge in [-0.1, -0.05) is 40.2 Å². The van der Waals surface area contributed by atoms with E-state index in [0.717, 1.165) is 20.8 Å². The zero-order valence-corrected chi connectivity index (χ0v) is 23.4. The van der Waals surface area contributed by atoms with Crippen LogP contribution in [0.2, 0.25) is 0 Å². The average Bonchev–Trinajstić information content (AvgIpc) is 3.02. The highest BCUT2D eigenvalue weighted by atomic mass is 79.9. The third kappa shape index (κ3) is 5.21. The summed E-state index contributed by atoms with van der Waals surface area (Å²) in [4.78, 5) is 29.3. The second-order valence-corrected chi connectivity index (χ2v) is 10.9. The van der Waals surface area contributed by atoms with Crippen molar-refractivity contribution in [1.82, 2.24) is 5.32 Å². The molecule has 2 aliphatic heterocycles. The summed E-state index contributed by atoms with van der Waals surface area (Å²) in [6.07, 6.45) is -0.312. The largest absolute Gasteiger partial charge is 0.496 e. The van der Waals surface area contributed by atoms with Gasteiger partial charge in [0.2, 0.25) is 5.91 Å². The highest BCUT2D eigenvalue weighted by molar-refractivity contribution is 9.10. The van der Waals surface area contributed by atoms with Crippen LogP contribution < -0.4 is 25.4 Å². The molecule has 2 amide bonds. The maximum absolute atomic E-state index is 14.5. The maximum Gasteiger partial charge on any atom is 0.254 e. The molecule has 3 aromatic rings. The molecule has 1 saturated heterocycles. The van der Waals surface area contributed by atoms with E-state index >= 15 is 0 Å². The van der Waals surface area contributed by atoms with Crippen molar-refractivity contribution in [2.24, 2.45) is 5.73 Å². The summed E-state index contributed by atoms with van der Waals surface area (Å²) in [6.45, 7) is 2.35. The monoisotopic (exact) mass is 597 g/mol. The van der Waals surface area contributed by atoms with Crippen LogP contribution >= 0.6 is 15.9 Å². The van der Waals surface area contributed by atoms with Crippen molar-refractivity contribution in [2.75, 3.05) is 25.2 Å². The van der Waals surface area contributed by atoms with Crippen molar-refractivity contribution in [3.63, 3.8) is 0 Å². The lowest BCUT2D eigenvalue weighted by Gasteiger charge is -2.41. The van der Waals surface area contributed by atoms with Crippen LogP contribution in [0.1, 0.15) is 25.3 Å². The molecule has 3 atom stereocenters. The van der Waals surface area contributed by atoms with Gasteiger partial charge in [-0.15, -0.1) is 0 Å². The number of anilines is 1. The van der Waals surface area contributed by atoms with Crippen LogP contribution in [0, 0.1) is 0 Å². The number of halogens is 1. The molecule has 206 valence electrons. The first-order chi connectivity index (χ1) is 18.7. The second kappa shape index (κ2) is 11.1. The number of hydrogen-bond donors (Lipinski definition) is 3. The standard InChI is InChI=1S/C29H32BrN3O6/c1-17(34)25(31)27(35)32-26-28(36)33(16-21-20-9-8-19(30)15-18(20)7-10-23(21)37-2)22-5-3-4-6-24(22)39-29(26)11-13-38-14-12-29/h3-10,15,17,25-26,34H,11-14,16,31H2,1-2H3,(H,32,35)/t17-,25-,26?/m0/s1. The molecule has 1 unspecified atom stereocenters. The van der Waals surface area contributed by atoms with E-state index in [2.05, 4.69) is 21.2 Å². The molecule has 2 aliphatic rings. The van der Waals surface area contributed by atoms with Gasteiger partial charge in [0, 0.05) is 22.9 Å². The van der Waals surface area contributed by atoms with E-state index in [9.17, 15) is 14.7 Å². The van der Waals surface area contributed by atoms with Crippen molar-refractivity contribution >= 4 is 44.2 Å². The molecule has 5 rings (SSSR count). The van der Waals surface area contributed by atoms with Crippen molar-refractivity contribution in [3.8, 4) is 11.5 Å². The Hall–Kier alpha value is -3.18. The van der Waals surface area contributed by atoms with Crippen molar-refractivity contribution in [3.05, 3.63) is 64.6 Å². The SMILES string of the molecule is COc1ccc2cc(Br)ccc2c1CN1C(=O)C(NC(=O)[C@@H](N)[C@H](C)O)C2(CCOCC2)Oc2ccccc21. The first-order valence-corrected chi connectivity index (χ1v) is 13.7. The number of para-hydroxylation sites is 2. The highest BCUT2D eigenvalue weighted by Crippen LogP contribution is 2.42. The van der Waals surface area contributed by atoms with Crippen molar-refractivity contribution in [2.45, 2.75) is 50.1 Å². The number of methoxy groups -OCH3 is 1. The number of carbonyl (C=O) groups excluding carboxylic acids is 2. The number of aliphatic hydroxyl groups excluding tert-OH is 1. The van der Waals surface area contributed by atoms with Crippen LogP contribution in [0.5, 0.6) is 11.5 Å². The molecule has 0 saturated carbocycles. The van der Waals surface area contributed by atoms with Crippen LogP contribution in [-0.2, 0) is 20.9 Å². The Morgan fingerprint density at radius 1 is 1.23 bits per heavy atom. The molecule has 1 spiro atoms. The number of nitrogens with two attached hydrogens (primary N) is 1. The quantitative estimate of drug-likeness (QED) is 0.398. The summed E-state index contributed by atoms with van der Waals surface area (Å²) in [5.41, 5.74) is 6.31. The minimum absolute atomic E-state index is 0.169. The lowest BCUT2D eigenvalue weighted by Crippen LogP contribution is -2.65. The fraction of sp³-hybridized carbons (Fsp3) is 0.379. The molecule has 9 nitrogen and oxygen atoms in total. The highest BCUT2D eigenvalue weighted by Gasteiger charge is 2.52. The van der Waals surface area contributed by atoms with Gasteiger partial charge in [0.25, 0.3) is 5.91 Å². The Bertz CT molecular complexity index is 1390. The van der Waals surface area contributed by atoms with Gasteiger partial charge in [0.1, 0.15) is 29.2 Å². The summed E-state index contributed by atoms with van der Waals surface area (Å²) in [5.74, 6) is 0.199. The van der Waals surface area contributed by atoms with Crippen LogP contribution in [-0.4, -0.2) is 61.0 Å². The summed E-state index contributed by atoms with van der Waals surface area (Å²) in [7, 11) is 1.60. The van der Waals surface area contributed by atoms with Crippen molar-refractivity contribution in [1.29, 1.82) is 0 Å². The number of nitrogens with zero attached hydrogens (tertiary/aromatic N) is 1. The summed E-state index contributed by atoms with van der Waals surface area (Å²) in [6, 6.07) is 14.9. The number of fused-ring (bicyclic) bond motifs is 2. The van der Waals surface area contributed by atoms with Crippen LogP contribution in [0.15, 0.2) is 59.1 Å². The Morgan fingerprint density at radius 3 is 2.69 bits per heavy atom. The molecule has 3 aromatic carbocycles. The van der Waals surface area contributed by atoms with E-state index < -0.39 is 29.7 Å².